The molecule has 4 rings (SSSR count). The molecule has 0 saturated heterocycles. The Morgan fingerprint density at radius 2 is 1.77 bits per heavy atom. The topological polar surface area (TPSA) is 102 Å². The van der Waals surface area contributed by atoms with Gasteiger partial charge in [0.25, 0.3) is 11.8 Å². The predicted octanol–water partition coefficient (Wildman–Crippen LogP) is 1.16. The van der Waals surface area contributed by atoms with E-state index < -0.39 is 41.1 Å². The van der Waals surface area contributed by atoms with Crippen LogP contribution in [0.5, 0.6) is 0 Å². The minimum absolute atomic E-state index is 0. The van der Waals surface area contributed by atoms with Gasteiger partial charge in [0.2, 0.25) is 0 Å². The molecule has 2 aliphatic rings. The zero-order chi connectivity index (χ0) is 28.3. The summed E-state index contributed by atoms with van der Waals surface area (Å²) < 4.78 is 29.0. The molecule has 3 atom stereocenters. The number of aliphatic carboxylic acids is 1. The van der Waals surface area contributed by atoms with Crippen molar-refractivity contribution in [2.24, 2.45) is 16.8 Å². The SMILES string of the molecule is CCC[C@H](c1ccc(C(=O)NCCC(=O)[O-])cc1)N1C(=O)C(c2cccc(F)c2F)=NC12CC(C)CC(C)C2.[Na+]. The molecule has 1 saturated carbocycles. The molecule has 2 aromatic carbocycles. The number of carboxylic acid groups (broad SMARTS) is 1. The van der Waals surface area contributed by atoms with Crippen molar-refractivity contribution in [1.29, 1.82) is 0 Å². The fraction of sp³-hybridized carbons (Fsp3) is 0.467. The number of aliphatic imine (C=N–C) groups is 1. The molecule has 0 aromatic heterocycles. The molecule has 1 fully saturated rings. The van der Waals surface area contributed by atoms with Gasteiger partial charge >= 0.3 is 29.6 Å². The van der Waals surface area contributed by atoms with Gasteiger partial charge in [-0.15, -0.1) is 0 Å². The van der Waals surface area contributed by atoms with Gasteiger partial charge in [0.1, 0.15) is 11.4 Å². The Kier molecular flexibility index (Phi) is 10.7. The van der Waals surface area contributed by atoms with E-state index >= 15 is 0 Å². The quantitative estimate of drug-likeness (QED) is 0.465. The molecule has 1 aliphatic carbocycles. The molecule has 208 valence electrons. The van der Waals surface area contributed by atoms with Gasteiger partial charge in [-0.05, 0) is 67.3 Å². The number of carbonyl (C=O) groups excluding carboxylic acids is 3. The van der Waals surface area contributed by atoms with Crippen LogP contribution in [0.3, 0.4) is 0 Å². The van der Waals surface area contributed by atoms with Crippen LogP contribution < -0.4 is 40.0 Å². The molecular formula is C30H34F2N3NaO4. The second kappa shape index (κ2) is 13.4. The first-order valence-corrected chi connectivity index (χ1v) is 13.5. The second-order valence-corrected chi connectivity index (χ2v) is 10.9. The molecule has 1 aliphatic heterocycles. The molecular weight excluding hydrogens is 527 g/mol. The predicted molar refractivity (Wildman–Crippen MR) is 141 cm³/mol. The maximum Gasteiger partial charge on any atom is 1.00 e. The van der Waals surface area contributed by atoms with E-state index in [2.05, 4.69) is 19.2 Å². The van der Waals surface area contributed by atoms with Gasteiger partial charge in [-0.3, -0.25) is 14.6 Å². The Labute approximate surface area is 255 Å². The molecule has 0 radical (unpaired) electrons. The number of hydrogen-bond acceptors (Lipinski definition) is 5. The van der Waals surface area contributed by atoms with Crippen LogP contribution in [0.4, 0.5) is 8.78 Å². The van der Waals surface area contributed by atoms with Crippen LogP contribution in [-0.2, 0) is 9.59 Å². The van der Waals surface area contributed by atoms with E-state index in [0.717, 1.165) is 24.5 Å². The van der Waals surface area contributed by atoms with E-state index in [-0.39, 0.29) is 65.6 Å². The van der Waals surface area contributed by atoms with Crippen LogP contribution in [0.25, 0.3) is 0 Å². The molecule has 2 aromatic rings. The fourth-order valence-electron chi connectivity index (χ4n) is 6.20. The zero-order valence-corrected chi connectivity index (χ0v) is 25.5. The number of nitrogens with one attached hydrogen (secondary N) is 1. The van der Waals surface area contributed by atoms with Crippen molar-refractivity contribution in [3.63, 3.8) is 0 Å². The van der Waals surface area contributed by atoms with Gasteiger partial charge in [0.15, 0.2) is 11.6 Å². The average Bonchev–Trinajstić information content (AvgIpc) is 3.13. The molecule has 2 unspecified atom stereocenters. The summed E-state index contributed by atoms with van der Waals surface area (Å²) in [6, 6.07) is 10.2. The Morgan fingerprint density at radius 1 is 1.12 bits per heavy atom. The smallest absolute Gasteiger partial charge is 0.550 e. The molecule has 1 spiro atoms. The van der Waals surface area contributed by atoms with Crippen LogP contribution in [0.15, 0.2) is 47.5 Å². The van der Waals surface area contributed by atoms with Crippen molar-refractivity contribution in [1.82, 2.24) is 10.2 Å². The Bertz CT molecular complexity index is 1270. The number of carboxylic acids is 1. The maximum atomic E-state index is 14.9. The Balaban J connectivity index is 0.00000441. The summed E-state index contributed by atoms with van der Waals surface area (Å²) in [5.74, 6) is -3.64. The number of carbonyl (C=O) groups is 3. The minimum atomic E-state index is -1.25. The number of amides is 2. The first-order valence-electron chi connectivity index (χ1n) is 13.5. The number of rotatable bonds is 9. The summed E-state index contributed by atoms with van der Waals surface area (Å²) >= 11 is 0. The fourth-order valence-corrected chi connectivity index (χ4v) is 6.20. The van der Waals surface area contributed by atoms with Gasteiger partial charge in [-0.25, -0.2) is 8.78 Å². The summed E-state index contributed by atoms with van der Waals surface area (Å²) in [5.41, 5.74) is 0.0829. The van der Waals surface area contributed by atoms with Gasteiger partial charge in [0, 0.05) is 30.1 Å². The van der Waals surface area contributed by atoms with E-state index in [9.17, 15) is 28.3 Å². The average molecular weight is 562 g/mol. The maximum absolute atomic E-state index is 14.9. The normalized spacial score (nSPS) is 23.0. The van der Waals surface area contributed by atoms with Gasteiger partial charge in [-0.1, -0.05) is 45.4 Å². The third-order valence-electron chi connectivity index (χ3n) is 7.60. The van der Waals surface area contributed by atoms with Crippen LogP contribution in [0.1, 0.15) is 86.8 Å². The molecule has 40 heavy (non-hydrogen) atoms. The first-order chi connectivity index (χ1) is 18.6. The van der Waals surface area contributed by atoms with Crippen molar-refractivity contribution in [3.8, 4) is 0 Å². The Hall–Kier alpha value is -2.62. The third-order valence-corrected chi connectivity index (χ3v) is 7.60. The number of halogens is 2. The van der Waals surface area contributed by atoms with Crippen molar-refractivity contribution >= 4 is 23.5 Å². The number of nitrogens with zero attached hydrogens (tertiary/aromatic N) is 2. The first kappa shape index (κ1) is 31.9. The summed E-state index contributed by atoms with van der Waals surface area (Å²) in [6.07, 6.45) is 3.30. The van der Waals surface area contributed by atoms with Gasteiger partial charge in [0.05, 0.1) is 6.04 Å². The Morgan fingerprint density at radius 3 is 2.38 bits per heavy atom. The van der Waals surface area contributed by atoms with Crippen LogP contribution in [-0.4, -0.2) is 40.6 Å². The van der Waals surface area contributed by atoms with Crippen LogP contribution in [0, 0.1) is 23.5 Å². The summed E-state index contributed by atoms with van der Waals surface area (Å²) in [7, 11) is 0. The standard InChI is InChI=1S/C30H35F2N3O4.Na/c1-4-6-24(20-9-11-21(12-10-20)28(38)33-14-13-25(36)37)35-29(39)27(22-7-5-8-23(31)26(22)32)34-30(35)16-18(2)15-19(3)17-30;/h5,7-12,18-19,24H,4,6,13-17H2,1-3H3,(H,33,38)(H,36,37);/q;+1/p-1/t18?,19?,24-,30?;/m1./s1. The zero-order valence-electron chi connectivity index (χ0n) is 23.5. The van der Waals surface area contributed by atoms with E-state index in [1.54, 1.807) is 29.2 Å². The van der Waals surface area contributed by atoms with Crippen molar-refractivity contribution < 1.29 is 57.8 Å². The second-order valence-electron chi connectivity index (χ2n) is 10.9. The van der Waals surface area contributed by atoms with E-state index in [0.29, 0.717) is 24.8 Å². The van der Waals surface area contributed by atoms with E-state index in [1.165, 1.54) is 12.1 Å². The minimum Gasteiger partial charge on any atom is -0.550 e. The molecule has 10 heteroatoms. The van der Waals surface area contributed by atoms with Gasteiger partial charge < -0.3 is 20.1 Å². The third kappa shape index (κ3) is 6.64. The van der Waals surface area contributed by atoms with Crippen molar-refractivity contribution in [2.45, 2.75) is 71.0 Å². The summed E-state index contributed by atoms with van der Waals surface area (Å²) in [6.45, 7) is 6.22. The molecule has 7 nitrogen and oxygen atoms in total. The molecule has 1 N–H and O–H groups in total. The molecule has 1 heterocycles. The van der Waals surface area contributed by atoms with Crippen LogP contribution >= 0.6 is 0 Å². The molecule has 0 bridgehead atoms. The van der Waals surface area contributed by atoms with E-state index in [4.69, 9.17) is 4.99 Å². The summed E-state index contributed by atoms with van der Waals surface area (Å²) in [4.78, 5) is 43.8. The number of benzene rings is 2. The van der Waals surface area contributed by atoms with Crippen molar-refractivity contribution in [3.05, 3.63) is 70.8 Å². The van der Waals surface area contributed by atoms with Crippen molar-refractivity contribution in [2.75, 3.05) is 6.54 Å². The molecule has 2 amide bonds. The monoisotopic (exact) mass is 561 g/mol. The van der Waals surface area contributed by atoms with E-state index in [1.807, 2.05) is 6.92 Å². The van der Waals surface area contributed by atoms with Gasteiger partial charge in [-0.2, -0.15) is 0 Å². The number of hydrogen-bond donors (Lipinski definition) is 1. The summed E-state index contributed by atoms with van der Waals surface area (Å²) in [5, 5.41) is 13.2. The van der Waals surface area contributed by atoms with Crippen LogP contribution in [0.2, 0.25) is 0 Å². The largest absolute Gasteiger partial charge is 1.00 e.